The summed E-state index contributed by atoms with van der Waals surface area (Å²) in [7, 11) is 3.26. The van der Waals surface area contributed by atoms with Gasteiger partial charge in [0.1, 0.15) is 11.5 Å². The highest BCUT2D eigenvalue weighted by atomic mass is 16.5. The third kappa shape index (κ3) is 2.98. The first-order valence-electron chi connectivity index (χ1n) is 6.41. The Balaban J connectivity index is 2.44. The fourth-order valence-electron chi connectivity index (χ4n) is 2.58. The minimum Gasteiger partial charge on any atom is -0.497 e. The van der Waals surface area contributed by atoms with Gasteiger partial charge in [-0.1, -0.05) is 13.8 Å². The maximum atomic E-state index is 11.8. The van der Waals surface area contributed by atoms with Crippen molar-refractivity contribution in [2.45, 2.75) is 26.7 Å². The second-order valence-electron chi connectivity index (χ2n) is 5.72. The van der Waals surface area contributed by atoms with E-state index in [1.165, 1.54) is 0 Å². The molecule has 0 atom stereocenters. The molecule has 19 heavy (non-hydrogen) atoms. The van der Waals surface area contributed by atoms with Crippen LogP contribution in [0.25, 0.3) is 5.57 Å². The zero-order chi connectivity index (χ0) is 14.0. The Morgan fingerprint density at radius 3 is 2.42 bits per heavy atom. The Morgan fingerprint density at radius 1 is 1.11 bits per heavy atom. The van der Waals surface area contributed by atoms with E-state index >= 15 is 0 Å². The van der Waals surface area contributed by atoms with Gasteiger partial charge in [0.25, 0.3) is 0 Å². The quantitative estimate of drug-likeness (QED) is 0.834. The van der Waals surface area contributed by atoms with Crippen LogP contribution < -0.4 is 9.47 Å². The second-order valence-corrected chi connectivity index (χ2v) is 5.72. The molecule has 0 N–H and O–H groups in total. The van der Waals surface area contributed by atoms with E-state index in [2.05, 4.69) is 13.8 Å². The lowest BCUT2D eigenvalue weighted by molar-refractivity contribution is -0.116. The zero-order valence-corrected chi connectivity index (χ0v) is 11.9. The molecule has 3 heteroatoms. The molecule has 1 aliphatic carbocycles. The molecule has 0 fully saturated rings. The van der Waals surface area contributed by atoms with Crippen molar-refractivity contribution >= 4 is 11.4 Å². The van der Waals surface area contributed by atoms with Gasteiger partial charge in [-0.15, -0.1) is 0 Å². The normalized spacial score (nSPS) is 17.9. The monoisotopic (exact) mass is 260 g/mol. The van der Waals surface area contributed by atoms with Crippen molar-refractivity contribution in [2.75, 3.05) is 14.2 Å². The number of carbonyl (C=O) groups is 1. The van der Waals surface area contributed by atoms with Crippen LogP contribution in [0.1, 0.15) is 32.3 Å². The number of rotatable bonds is 3. The van der Waals surface area contributed by atoms with Crippen LogP contribution in [0.15, 0.2) is 24.3 Å². The summed E-state index contributed by atoms with van der Waals surface area (Å²) in [4.78, 5) is 11.8. The lowest BCUT2D eigenvalue weighted by atomic mass is 9.75. The largest absolute Gasteiger partial charge is 0.497 e. The standard InChI is InChI=1S/C16H20O3/c1-16(2)9-11(7-12(17)10-16)14-6-5-13(18-3)8-15(14)19-4/h5-8H,9-10H2,1-4H3. The van der Waals surface area contributed by atoms with Gasteiger partial charge in [0.2, 0.25) is 0 Å². The van der Waals surface area contributed by atoms with Crippen LogP contribution in [0, 0.1) is 5.41 Å². The fourth-order valence-corrected chi connectivity index (χ4v) is 2.58. The molecule has 1 aliphatic rings. The summed E-state index contributed by atoms with van der Waals surface area (Å²) in [6.45, 7) is 4.24. The molecule has 2 rings (SSSR count). The molecule has 0 spiro atoms. The molecule has 102 valence electrons. The van der Waals surface area contributed by atoms with Gasteiger partial charge in [-0.25, -0.2) is 0 Å². The maximum absolute atomic E-state index is 11.8. The number of carbonyl (C=O) groups excluding carboxylic acids is 1. The van der Waals surface area contributed by atoms with Crippen molar-refractivity contribution in [3.8, 4) is 11.5 Å². The summed E-state index contributed by atoms with van der Waals surface area (Å²) in [6.07, 6.45) is 3.23. The third-order valence-electron chi connectivity index (χ3n) is 3.41. The van der Waals surface area contributed by atoms with Gasteiger partial charge < -0.3 is 9.47 Å². The van der Waals surface area contributed by atoms with Crippen LogP contribution in [0.2, 0.25) is 0 Å². The van der Waals surface area contributed by atoms with Crippen molar-refractivity contribution in [1.82, 2.24) is 0 Å². The number of ketones is 1. The predicted molar refractivity (Wildman–Crippen MR) is 75.5 cm³/mol. The van der Waals surface area contributed by atoms with Crippen LogP contribution >= 0.6 is 0 Å². The van der Waals surface area contributed by atoms with Crippen molar-refractivity contribution in [2.24, 2.45) is 5.41 Å². The second kappa shape index (κ2) is 5.08. The first-order chi connectivity index (χ1) is 8.95. The van der Waals surface area contributed by atoms with E-state index in [1.807, 2.05) is 18.2 Å². The van der Waals surface area contributed by atoms with Crippen molar-refractivity contribution in [1.29, 1.82) is 0 Å². The number of hydrogen-bond acceptors (Lipinski definition) is 3. The van der Waals surface area contributed by atoms with E-state index in [0.717, 1.165) is 29.1 Å². The summed E-state index contributed by atoms with van der Waals surface area (Å²) >= 11 is 0. The molecule has 0 heterocycles. The van der Waals surface area contributed by atoms with Crippen LogP contribution in [-0.4, -0.2) is 20.0 Å². The summed E-state index contributed by atoms with van der Waals surface area (Å²) in [5.74, 6) is 1.68. The molecule has 1 aromatic carbocycles. The molecule has 0 amide bonds. The van der Waals surface area contributed by atoms with Gasteiger partial charge in [-0.2, -0.15) is 0 Å². The maximum Gasteiger partial charge on any atom is 0.156 e. The molecule has 0 saturated carbocycles. The topological polar surface area (TPSA) is 35.5 Å². The van der Waals surface area contributed by atoms with E-state index in [9.17, 15) is 4.79 Å². The summed E-state index contributed by atoms with van der Waals surface area (Å²) in [6, 6.07) is 5.70. The van der Waals surface area contributed by atoms with Gasteiger partial charge in [0, 0.05) is 18.1 Å². The fraction of sp³-hybridized carbons (Fsp3) is 0.438. The number of benzene rings is 1. The number of allylic oxidation sites excluding steroid dienone is 2. The first kappa shape index (κ1) is 13.7. The van der Waals surface area contributed by atoms with Gasteiger partial charge >= 0.3 is 0 Å². The Hall–Kier alpha value is -1.77. The van der Waals surface area contributed by atoms with Gasteiger partial charge in [-0.3, -0.25) is 4.79 Å². The number of methoxy groups -OCH3 is 2. The molecule has 0 aromatic heterocycles. The summed E-state index contributed by atoms with van der Waals surface area (Å²) < 4.78 is 10.6. The molecule has 0 saturated heterocycles. The highest BCUT2D eigenvalue weighted by molar-refractivity contribution is 5.99. The Bertz CT molecular complexity index is 527. The highest BCUT2D eigenvalue weighted by Gasteiger charge is 2.29. The predicted octanol–water partition coefficient (Wildman–Crippen LogP) is 3.48. The molecule has 3 nitrogen and oxygen atoms in total. The van der Waals surface area contributed by atoms with Gasteiger partial charge in [0.15, 0.2) is 5.78 Å². The molecule has 0 unspecified atom stereocenters. The summed E-state index contributed by atoms with van der Waals surface area (Å²) in [5.41, 5.74) is 2.02. The summed E-state index contributed by atoms with van der Waals surface area (Å²) in [5, 5.41) is 0. The van der Waals surface area contributed by atoms with Crippen LogP contribution in [0.4, 0.5) is 0 Å². The van der Waals surface area contributed by atoms with Crippen LogP contribution in [-0.2, 0) is 4.79 Å². The van der Waals surface area contributed by atoms with E-state index in [0.29, 0.717) is 6.42 Å². The van der Waals surface area contributed by atoms with E-state index in [1.54, 1.807) is 20.3 Å². The number of ether oxygens (including phenoxy) is 2. The lowest BCUT2D eigenvalue weighted by Gasteiger charge is -2.29. The zero-order valence-electron chi connectivity index (χ0n) is 11.9. The molecular weight excluding hydrogens is 240 g/mol. The third-order valence-corrected chi connectivity index (χ3v) is 3.41. The Kier molecular flexibility index (Phi) is 3.65. The van der Waals surface area contributed by atoms with E-state index in [4.69, 9.17) is 9.47 Å². The average molecular weight is 260 g/mol. The van der Waals surface area contributed by atoms with E-state index in [-0.39, 0.29) is 11.2 Å². The Morgan fingerprint density at radius 2 is 1.84 bits per heavy atom. The van der Waals surface area contributed by atoms with Crippen LogP contribution in [0.3, 0.4) is 0 Å². The first-order valence-corrected chi connectivity index (χ1v) is 6.41. The van der Waals surface area contributed by atoms with Crippen LogP contribution in [0.5, 0.6) is 11.5 Å². The average Bonchev–Trinajstić information content (AvgIpc) is 2.35. The molecule has 0 aliphatic heterocycles. The van der Waals surface area contributed by atoms with Crippen molar-refractivity contribution in [3.05, 3.63) is 29.8 Å². The minimum absolute atomic E-state index is 0.00606. The number of hydrogen-bond donors (Lipinski definition) is 0. The smallest absolute Gasteiger partial charge is 0.156 e. The molecule has 1 aromatic rings. The lowest BCUT2D eigenvalue weighted by Crippen LogP contribution is -2.21. The Labute approximate surface area is 114 Å². The molecular formula is C16H20O3. The van der Waals surface area contributed by atoms with Gasteiger partial charge in [-0.05, 0) is 35.6 Å². The van der Waals surface area contributed by atoms with Crippen molar-refractivity contribution < 1.29 is 14.3 Å². The van der Waals surface area contributed by atoms with Crippen molar-refractivity contribution in [3.63, 3.8) is 0 Å². The molecule has 0 bridgehead atoms. The SMILES string of the molecule is COc1ccc(C2=CC(=O)CC(C)(C)C2)c(OC)c1. The highest BCUT2D eigenvalue weighted by Crippen LogP contribution is 2.41. The van der Waals surface area contributed by atoms with E-state index < -0.39 is 0 Å². The van der Waals surface area contributed by atoms with Gasteiger partial charge in [0.05, 0.1) is 14.2 Å². The minimum atomic E-state index is 0.00606. The molecule has 0 radical (unpaired) electrons.